The number of rotatable bonds is 10. The number of hydrogen-bond acceptors (Lipinski definition) is 3. The summed E-state index contributed by atoms with van der Waals surface area (Å²) in [5.74, 6) is 0.810. The van der Waals surface area contributed by atoms with Gasteiger partial charge < -0.3 is 14.5 Å². The van der Waals surface area contributed by atoms with Crippen LogP contribution in [0.3, 0.4) is 0 Å². The molecule has 0 bridgehead atoms. The van der Waals surface area contributed by atoms with Gasteiger partial charge in [0, 0.05) is 19.0 Å². The van der Waals surface area contributed by atoms with Crippen molar-refractivity contribution < 1.29 is 9.13 Å². The predicted molar refractivity (Wildman–Crippen MR) is 103 cm³/mol. The van der Waals surface area contributed by atoms with Crippen molar-refractivity contribution in [1.29, 1.82) is 0 Å². The van der Waals surface area contributed by atoms with Gasteiger partial charge >= 0.3 is 0 Å². The average molecular weight is 351 g/mol. The van der Waals surface area contributed by atoms with Crippen LogP contribution in [0.5, 0.6) is 0 Å². The Morgan fingerprint density at radius 1 is 1.20 bits per heavy atom. The first-order valence-corrected chi connectivity index (χ1v) is 9.80. The number of hydrogen-bond donors (Lipinski definition) is 0. The summed E-state index contributed by atoms with van der Waals surface area (Å²) in [5.41, 5.74) is 1.26. The highest BCUT2D eigenvalue weighted by Gasteiger charge is 2.30. The van der Waals surface area contributed by atoms with Gasteiger partial charge in [0.05, 0.1) is 13.2 Å². The second-order valence-corrected chi connectivity index (χ2v) is 7.59. The van der Waals surface area contributed by atoms with Crippen molar-refractivity contribution in [3.63, 3.8) is 0 Å². The van der Waals surface area contributed by atoms with Crippen LogP contribution < -0.4 is 0 Å². The molecule has 0 aliphatic carbocycles. The van der Waals surface area contributed by atoms with Crippen LogP contribution in [0.15, 0.2) is 24.3 Å². The lowest BCUT2D eigenvalue weighted by atomic mass is 9.80. The molecule has 1 heterocycles. The molecule has 0 unspecified atom stereocenters. The molecule has 2 atom stereocenters. The molecule has 1 aliphatic rings. The second-order valence-electron chi connectivity index (χ2n) is 7.59. The molecule has 1 aromatic carbocycles. The van der Waals surface area contributed by atoms with Crippen LogP contribution in [0.25, 0.3) is 0 Å². The summed E-state index contributed by atoms with van der Waals surface area (Å²) in [5, 5.41) is 0. The maximum absolute atomic E-state index is 13.3. The first-order chi connectivity index (χ1) is 12.1. The first kappa shape index (κ1) is 20.3. The van der Waals surface area contributed by atoms with E-state index in [4.69, 9.17) is 4.74 Å². The number of nitrogens with zero attached hydrogens (tertiary/aromatic N) is 2. The summed E-state index contributed by atoms with van der Waals surface area (Å²) in [6.07, 6.45) is 5.00. The molecule has 1 saturated heterocycles. The highest BCUT2D eigenvalue weighted by atomic mass is 19.1. The van der Waals surface area contributed by atoms with E-state index in [-0.39, 0.29) is 5.82 Å². The number of ether oxygens (including phenoxy) is 1. The third-order valence-electron chi connectivity index (χ3n) is 5.21. The van der Waals surface area contributed by atoms with Gasteiger partial charge in [0.15, 0.2) is 0 Å². The molecular weight excluding hydrogens is 315 g/mol. The fourth-order valence-electron chi connectivity index (χ4n) is 3.70. The summed E-state index contributed by atoms with van der Waals surface area (Å²) < 4.78 is 19.3. The number of likely N-dealkylation sites (N-methyl/N-ethyl adjacent to an activating group) is 1. The topological polar surface area (TPSA) is 15.7 Å². The number of unbranched alkanes of at least 4 members (excludes halogenated alkanes) is 2. The Balaban J connectivity index is 1.94. The molecule has 142 valence electrons. The number of halogens is 1. The van der Waals surface area contributed by atoms with E-state index in [1.807, 2.05) is 12.1 Å². The zero-order valence-corrected chi connectivity index (χ0v) is 16.2. The van der Waals surface area contributed by atoms with Crippen molar-refractivity contribution in [2.45, 2.75) is 38.5 Å². The first-order valence-electron chi connectivity index (χ1n) is 9.80. The largest absolute Gasteiger partial charge is 0.380 e. The van der Waals surface area contributed by atoms with Gasteiger partial charge in [-0.25, -0.2) is 4.39 Å². The van der Waals surface area contributed by atoms with E-state index in [9.17, 15) is 4.39 Å². The third kappa shape index (κ3) is 7.04. The number of piperidine rings is 1. The van der Waals surface area contributed by atoms with E-state index in [1.165, 1.54) is 31.4 Å². The number of benzene rings is 1. The summed E-state index contributed by atoms with van der Waals surface area (Å²) in [7, 11) is 4.14. The van der Waals surface area contributed by atoms with Crippen LogP contribution in [0.2, 0.25) is 0 Å². The molecule has 25 heavy (non-hydrogen) atoms. The minimum atomic E-state index is -0.153. The van der Waals surface area contributed by atoms with Crippen LogP contribution in [-0.4, -0.2) is 63.3 Å². The lowest BCUT2D eigenvalue weighted by Gasteiger charge is -2.39. The van der Waals surface area contributed by atoms with Crippen LogP contribution in [0, 0.1) is 11.7 Å². The Kier molecular flexibility index (Phi) is 8.87. The Morgan fingerprint density at radius 3 is 2.64 bits per heavy atom. The van der Waals surface area contributed by atoms with Crippen molar-refractivity contribution in [2.24, 2.45) is 5.92 Å². The van der Waals surface area contributed by atoms with Gasteiger partial charge in [-0.15, -0.1) is 0 Å². The molecule has 1 fully saturated rings. The summed E-state index contributed by atoms with van der Waals surface area (Å²) in [4.78, 5) is 4.74. The van der Waals surface area contributed by atoms with Gasteiger partial charge in [-0.2, -0.15) is 0 Å². The molecule has 0 radical (unpaired) electrons. The number of likely N-dealkylation sites (tertiary alicyclic amines) is 1. The molecule has 1 aromatic rings. The normalized spacial score (nSPS) is 21.8. The van der Waals surface area contributed by atoms with E-state index in [2.05, 4.69) is 30.8 Å². The van der Waals surface area contributed by atoms with Crippen LogP contribution in [-0.2, 0) is 4.74 Å². The lowest BCUT2D eigenvalue weighted by Crippen LogP contribution is -2.42. The zero-order chi connectivity index (χ0) is 18.1. The molecule has 1 aliphatic heterocycles. The lowest BCUT2D eigenvalue weighted by molar-refractivity contribution is 0.0427. The average Bonchev–Trinajstić information content (AvgIpc) is 2.60. The van der Waals surface area contributed by atoms with E-state index in [0.717, 1.165) is 39.3 Å². The van der Waals surface area contributed by atoms with Crippen LogP contribution in [0.1, 0.15) is 44.1 Å². The standard InChI is InChI=1S/C21H35FN2O/c1-4-5-6-12-24-13-11-21(18-7-9-20(22)10-8-18)19(16-24)17-25-15-14-23(2)3/h7-10,19,21H,4-6,11-17H2,1-3H3/t19-,21-/m0/s1. The zero-order valence-electron chi connectivity index (χ0n) is 16.2. The van der Waals surface area contributed by atoms with Crippen LogP contribution >= 0.6 is 0 Å². The Labute approximate surface area is 153 Å². The Morgan fingerprint density at radius 2 is 1.96 bits per heavy atom. The molecule has 2 rings (SSSR count). The molecule has 0 aromatic heterocycles. The molecular formula is C21H35FN2O. The highest BCUT2D eigenvalue weighted by molar-refractivity contribution is 5.22. The van der Waals surface area contributed by atoms with Gasteiger partial charge in [0.1, 0.15) is 5.82 Å². The van der Waals surface area contributed by atoms with Gasteiger partial charge in [-0.1, -0.05) is 31.9 Å². The van der Waals surface area contributed by atoms with Crippen LogP contribution in [0.4, 0.5) is 4.39 Å². The predicted octanol–water partition coefficient (Wildman–Crippen LogP) is 4.00. The molecule has 0 amide bonds. The smallest absolute Gasteiger partial charge is 0.123 e. The van der Waals surface area contributed by atoms with Crippen molar-refractivity contribution in [3.8, 4) is 0 Å². The molecule has 3 nitrogen and oxygen atoms in total. The van der Waals surface area contributed by atoms with Gasteiger partial charge in [-0.05, 0) is 63.6 Å². The van der Waals surface area contributed by atoms with Crippen molar-refractivity contribution in [1.82, 2.24) is 9.80 Å². The molecule has 0 spiro atoms. The monoisotopic (exact) mass is 350 g/mol. The SMILES string of the molecule is CCCCCN1CC[C@@H](c2ccc(F)cc2)[C@H](COCCN(C)C)C1. The minimum Gasteiger partial charge on any atom is -0.380 e. The molecule has 0 saturated carbocycles. The fourth-order valence-corrected chi connectivity index (χ4v) is 3.70. The van der Waals surface area contributed by atoms with E-state index in [1.54, 1.807) is 12.1 Å². The van der Waals surface area contributed by atoms with Gasteiger partial charge in [0.25, 0.3) is 0 Å². The quantitative estimate of drug-likeness (QED) is 0.593. The summed E-state index contributed by atoms with van der Waals surface area (Å²) in [6.45, 7) is 8.19. The maximum atomic E-state index is 13.3. The van der Waals surface area contributed by atoms with E-state index < -0.39 is 0 Å². The Bertz CT molecular complexity index is 477. The van der Waals surface area contributed by atoms with Crippen molar-refractivity contribution in [3.05, 3.63) is 35.6 Å². The maximum Gasteiger partial charge on any atom is 0.123 e. The molecule has 0 N–H and O–H groups in total. The van der Waals surface area contributed by atoms with Crippen molar-refractivity contribution in [2.75, 3.05) is 53.5 Å². The minimum absolute atomic E-state index is 0.153. The second kappa shape index (κ2) is 10.9. The Hall–Kier alpha value is -0.970. The summed E-state index contributed by atoms with van der Waals surface area (Å²) in [6, 6.07) is 7.10. The van der Waals surface area contributed by atoms with E-state index >= 15 is 0 Å². The van der Waals surface area contributed by atoms with Gasteiger partial charge in [-0.3, -0.25) is 0 Å². The highest BCUT2D eigenvalue weighted by Crippen LogP contribution is 2.33. The van der Waals surface area contributed by atoms with E-state index in [0.29, 0.717) is 11.8 Å². The van der Waals surface area contributed by atoms with Gasteiger partial charge in [0.2, 0.25) is 0 Å². The van der Waals surface area contributed by atoms with Crippen molar-refractivity contribution >= 4 is 0 Å². The summed E-state index contributed by atoms with van der Waals surface area (Å²) >= 11 is 0. The third-order valence-corrected chi connectivity index (χ3v) is 5.21. The molecule has 4 heteroatoms. The fraction of sp³-hybridized carbons (Fsp3) is 0.714.